The third kappa shape index (κ3) is 5.17. The molecule has 0 amide bonds. The zero-order chi connectivity index (χ0) is 27.5. The van der Waals surface area contributed by atoms with Gasteiger partial charge in [-0.05, 0) is 58.1 Å². The van der Waals surface area contributed by atoms with Crippen molar-refractivity contribution in [2.45, 2.75) is 19.0 Å². The van der Waals surface area contributed by atoms with Gasteiger partial charge in [0.25, 0.3) is 5.56 Å². The first-order valence-electron chi connectivity index (χ1n) is 13.3. The van der Waals surface area contributed by atoms with Crippen molar-refractivity contribution in [3.05, 3.63) is 112 Å². The molecule has 2 aromatic heterocycles. The monoisotopic (exact) mass is 539 g/mol. The average Bonchev–Trinajstić information content (AvgIpc) is 3.45. The van der Waals surface area contributed by atoms with E-state index in [1.54, 1.807) is 23.9 Å². The minimum absolute atomic E-state index is 0.208. The smallest absolute Gasteiger partial charge is 0.253 e. The van der Waals surface area contributed by atoms with Crippen LogP contribution in [0.3, 0.4) is 0 Å². The molecule has 0 unspecified atom stereocenters. The summed E-state index contributed by atoms with van der Waals surface area (Å²) >= 11 is 0. The Morgan fingerprint density at radius 3 is 2.52 bits per heavy atom. The summed E-state index contributed by atoms with van der Waals surface area (Å²) in [7, 11) is 1.60. The second-order valence-corrected chi connectivity index (χ2v) is 9.88. The van der Waals surface area contributed by atoms with Crippen molar-refractivity contribution < 1.29 is 9.13 Å². The normalized spacial score (nSPS) is 14.9. The highest BCUT2D eigenvalue weighted by Crippen LogP contribution is 2.30. The number of fused-ring (bicyclic) bond motifs is 1. The summed E-state index contributed by atoms with van der Waals surface area (Å²) < 4.78 is 21.6. The molecule has 1 aliphatic rings. The van der Waals surface area contributed by atoms with Gasteiger partial charge in [0, 0.05) is 44.4 Å². The minimum atomic E-state index is -0.483. The zero-order valence-electron chi connectivity index (χ0n) is 22.2. The van der Waals surface area contributed by atoms with Gasteiger partial charge in [-0.2, -0.15) is 0 Å². The van der Waals surface area contributed by atoms with Crippen molar-refractivity contribution in [1.82, 2.24) is 30.1 Å². The molecule has 0 saturated carbocycles. The fourth-order valence-corrected chi connectivity index (χ4v) is 5.40. The molecule has 0 spiro atoms. The van der Waals surface area contributed by atoms with E-state index in [9.17, 15) is 9.18 Å². The van der Waals surface area contributed by atoms with Gasteiger partial charge in [0.05, 0.1) is 18.3 Å². The Kier molecular flexibility index (Phi) is 7.24. The highest BCUT2D eigenvalue weighted by Gasteiger charge is 2.33. The minimum Gasteiger partial charge on any atom is -0.497 e. The van der Waals surface area contributed by atoms with E-state index in [0.29, 0.717) is 61.1 Å². The summed E-state index contributed by atoms with van der Waals surface area (Å²) in [4.78, 5) is 20.9. The maximum atomic E-state index is 14.5. The van der Waals surface area contributed by atoms with Crippen LogP contribution in [0.1, 0.15) is 23.0 Å². The number of ether oxygens (including phenoxy) is 1. The number of rotatable bonds is 8. The van der Waals surface area contributed by atoms with Crippen LogP contribution >= 0.6 is 0 Å². The number of aryl methyl sites for hydroxylation is 2. The molecule has 40 heavy (non-hydrogen) atoms. The maximum Gasteiger partial charge on any atom is 0.253 e. The first-order chi connectivity index (χ1) is 19.6. The Bertz CT molecular complexity index is 1660. The average molecular weight is 540 g/mol. The van der Waals surface area contributed by atoms with E-state index in [0.717, 1.165) is 11.8 Å². The number of para-hydroxylation sites is 1. The fourth-order valence-electron chi connectivity index (χ4n) is 5.40. The van der Waals surface area contributed by atoms with E-state index in [2.05, 4.69) is 37.5 Å². The highest BCUT2D eigenvalue weighted by atomic mass is 19.1. The summed E-state index contributed by atoms with van der Waals surface area (Å²) in [6.07, 6.45) is 0.751. The second-order valence-electron chi connectivity index (χ2n) is 9.88. The van der Waals surface area contributed by atoms with E-state index in [1.165, 1.54) is 11.6 Å². The summed E-state index contributed by atoms with van der Waals surface area (Å²) in [6, 6.07) is 24.0. The number of aromatic nitrogens is 5. The SMILES string of the molecule is COc1ccc2cc([C@H](c3nnnn3CCc3ccccc3)N3CCN(c4ccccc4F)CC3)c(=O)[nH]c2c1. The van der Waals surface area contributed by atoms with Gasteiger partial charge in [0.2, 0.25) is 0 Å². The third-order valence-corrected chi connectivity index (χ3v) is 7.51. The summed E-state index contributed by atoms with van der Waals surface area (Å²) in [5, 5.41) is 13.6. The van der Waals surface area contributed by atoms with Crippen LogP contribution in [0.25, 0.3) is 10.9 Å². The van der Waals surface area contributed by atoms with Gasteiger partial charge in [0.15, 0.2) is 5.82 Å². The van der Waals surface area contributed by atoms with Gasteiger partial charge >= 0.3 is 0 Å². The number of aromatic amines is 1. The topological polar surface area (TPSA) is 92.2 Å². The number of nitrogens with zero attached hydrogens (tertiary/aromatic N) is 6. The van der Waals surface area contributed by atoms with Crippen molar-refractivity contribution in [3.8, 4) is 5.75 Å². The van der Waals surface area contributed by atoms with Crippen LogP contribution in [-0.4, -0.2) is 63.4 Å². The number of piperazine rings is 1. The lowest BCUT2D eigenvalue weighted by Crippen LogP contribution is -2.49. The van der Waals surface area contributed by atoms with E-state index in [4.69, 9.17) is 4.74 Å². The molecule has 1 atom stereocenters. The van der Waals surface area contributed by atoms with Gasteiger partial charge in [0.1, 0.15) is 17.6 Å². The van der Waals surface area contributed by atoms with E-state index < -0.39 is 6.04 Å². The number of benzene rings is 3. The van der Waals surface area contributed by atoms with Crippen LogP contribution < -0.4 is 15.2 Å². The fraction of sp³-hybridized carbons (Fsp3) is 0.267. The third-order valence-electron chi connectivity index (χ3n) is 7.51. The predicted molar refractivity (Wildman–Crippen MR) is 151 cm³/mol. The maximum absolute atomic E-state index is 14.5. The number of anilines is 1. The molecular weight excluding hydrogens is 509 g/mol. The van der Waals surface area contributed by atoms with Gasteiger partial charge in [-0.25, -0.2) is 9.07 Å². The molecule has 0 radical (unpaired) electrons. The Hall–Kier alpha value is -4.57. The number of nitrogens with one attached hydrogen (secondary N) is 1. The van der Waals surface area contributed by atoms with Gasteiger partial charge < -0.3 is 14.6 Å². The van der Waals surface area contributed by atoms with Crippen LogP contribution in [0.5, 0.6) is 5.75 Å². The zero-order valence-corrected chi connectivity index (χ0v) is 22.2. The highest BCUT2D eigenvalue weighted by molar-refractivity contribution is 5.80. The Morgan fingerprint density at radius 1 is 0.975 bits per heavy atom. The molecule has 1 saturated heterocycles. The van der Waals surface area contributed by atoms with Crippen LogP contribution in [0.15, 0.2) is 83.7 Å². The Labute approximate surface area is 230 Å². The molecule has 204 valence electrons. The second kappa shape index (κ2) is 11.3. The molecule has 0 aliphatic carbocycles. The Morgan fingerprint density at radius 2 is 1.75 bits per heavy atom. The summed E-state index contributed by atoms with van der Waals surface area (Å²) in [6.45, 7) is 2.98. The van der Waals surface area contributed by atoms with Crippen molar-refractivity contribution in [2.75, 3.05) is 38.2 Å². The summed E-state index contributed by atoms with van der Waals surface area (Å²) in [5.41, 5.74) is 2.81. The van der Waals surface area contributed by atoms with Gasteiger partial charge in [-0.15, -0.1) is 5.10 Å². The van der Waals surface area contributed by atoms with Crippen molar-refractivity contribution in [1.29, 1.82) is 0 Å². The molecule has 1 fully saturated rings. The number of hydrogen-bond acceptors (Lipinski definition) is 7. The molecule has 10 heteroatoms. The first kappa shape index (κ1) is 25.7. The van der Waals surface area contributed by atoms with Crippen LogP contribution in [0.4, 0.5) is 10.1 Å². The van der Waals surface area contributed by atoms with E-state index in [1.807, 2.05) is 53.4 Å². The predicted octanol–water partition coefficient (Wildman–Crippen LogP) is 3.82. The van der Waals surface area contributed by atoms with Crippen LogP contribution in [0.2, 0.25) is 0 Å². The lowest BCUT2D eigenvalue weighted by atomic mass is 10.0. The molecule has 1 aliphatic heterocycles. The van der Waals surface area contributed by atoms with Crippen LogP contribution in [0, 0.1) is 5.82 Å². The first-order valence-corrected chi connectivity index (χ1v) is 13.3. The molecule has 0 bridgehead atoms. The number of hydrogen-bond donors (Lipinski definition) is 1. The molecule has 1 N–H and O–H groups in total. The molecule has 3 heterocycles. The number of methoxy groups -OCH3 is 1. The summed E-state index contributed by atoms with van der Waals surface area (Å²) in [5.74, 6) is 1.04. The van der Waals surface area contributed by atoms with Crippen molar-refractivity contribution in [2.24, 2.45) is 0 Å². The Balaban J connectivity index is 1.35. The van der Waals surface area contributed by atoms with Crippen molar-refractivity contribution in [3.63, 3.8) is 0 Å². The van der Waals surface area contributed by atoms with Crippen molar-refractivity contribution >= 4 is 16.6 Å². The van der Waals surface area contributed by atoms with Crippen LogP contribution in [-0.2, 0) is 13.0 Å². The van der Waals surface area contributed by atoms with E-state index in [-0.39, 0.29) is 11.4 Å². The largest absolute Gasteiger partial charge is 0.497 e. The number of pyridine rings is 1. The van der Waals surface area contributed by atoms with E-state index >= 15 is 0 Å². The molecule has 9 nitrogen and oxygen atoms in total. The van der Waals surface area contributed by atoms with Gasteiger partial charge in [-0.1, -0.05) is 42.5 Å². The quantitative estimate of drug-likeness (QED) is 0.321. The molecular formula is C30H30FN7O2. The number of halogens is 1. The standard InChI is InChI=1S/C30H30FN7O2/c1-40-23-12-11-22-19-24(30(39)32-26(22)20-23)28(29-33-34-35-38(29)14-13-21-7-3-2-4-8-21)37-17-15-36(16-18-37)27-10-6-5-9-25(27)31/h2-12,19-20,28H,13-18H2,1H3,(H,32,39)/t28-/m1/s1. The molecule has 5 aromatic rings. The lowest BCUT2D eigenvalue weighted by molar-refractivity contribution is 0.199. The number of tetrazole rings is 1. The lowest BCUT2D eigenvalue weighted by Gasteiger charge is -2.39. The van der Waals surface area contributed by atoms with Gasteiger partial charge in [-0.3, -0.25) is 9.69 Å². The molecule has 3 aromatic carbocycles. The molecule has 6 rings (SSSR count). The number of H-pyrrole nitrogens is 1.